The van der Waals surface area contributed by atoms with Crippen molar-refractivity contribution in [2.45, 2.75) is 32.2 Å². The Bertz CT molecular complexity index is 1210. The van der Waals surface area contributed by atoms with Gasteiger partial charge in [-0.15, -0.1) is 0 Å². The van der Waals surface area contributed by atoms with Crippen LogP contribution in [0, 0.1) is 29.6 Å². The molecule has 0 bridgehead atoms. The fraction of sp³-hybridized carbons (Fsp3) is 0.417. The maximum absolute atomic E-state index is 13.3. The third-order valence-corrected chi connectivity index (χ3v) is 7.05. The molecule has 1 saturated carbocycles. The van der Waals surface area contributed by atoms with Crippen LogP contribution >= 0.6 is 0 Å². The van der Waals surface area contributed by atoms with Crippen LogP contribution in [-0.4, -0.2) is 45.7 Å². The molecule has 5 rings (SSSR count). The molecule has 0 radical (unpaired) electrons. The molecule has 1 aromatic carbocycles. The van der Waals surface area contributed by atoms with E-state index in [0.29, 0.717) is 5.56 Å². The number of nitriles is 1. The van der Waals surface area contributed by atoms with E-state index in [1.165, 1.54) is 0 Å². The van der Waals surface area contributed by atoms with Crippen LogP contribution in [0.1, 0.15) is 42.0 Å². The Kier molecular flexibility index (Phi) is 5.06. The van der Waals surface area contributed by atoms with Gasteiger partial charge in [0.25, 0.3) is 0 Å². The standard InChI is InChI=1S/C24H26N6O2/c1-15-10-16(2-3-17(15)11-25)20(12-31)29-23(32)19-5-9-30(13-24(19)6-7-24)22-18-4-8-26-21(18)27-14-28-22/h2-4,8,10,14,19-20,31H,5-7,9,12-13H2,1H3,(H,29,32)(H,26,27,28)/t19-,20?/m1/s1. The van der Waals surface area contributed by atoms with Crippen molar-refractivity contribution in [1.29, 1.82) is 5.26 Å². The number of anilines is 1. The number of aliphatic hydroxyl groups excluding tert-OH is 1. The van der Waals surface area contributed by atoms with Crippen molar-refractivity contribution in [2.24, 2.45) is 11.3 Å². The Labute approximate surface area is 186 Å². The molecule has 164 valence electrons. The summed E-state index contributed by atoms with van der Waals surface area (Å²) in [6, 6.07) is 9.08. The van der Waals surface area contributed by atoms with Crippen LogP contribution in [0.3, 0.4) is 0 Å². The average Bonchev–Trinajstić information content (AvgIpc) is 3.38. The zero-order chi connectivity index (χ0) is 22.3. The molecule has 8 heteroatoms. The van der Waals surface area contributed by atoms with Gasteiger partial charge in [0.05, 0.1) is 29.7 Å². The number of nitrogens with one attached hydrogen (secondary N) is 2. The second-order valence-corrected chi connectivity index (χ2v) is 8.99. The van der Waals surface area contributed by atoms with Crippen LogP contribution < -0.4 is 10.2 Å². The molecule has 1 unspecified atom stereocenters. The number of piperidine rings is 1. The molecule has 3 heterocycles. The summed E-state index contributed by atoms with van der Waals surface area (Å²) < 4.78 is 0. The van der Waals surface area contributed by atoms with E-state index in [-0.39, 0.29) is 23.8 Å². The lowest BCUT2D eigenvalue weighted by Crippen LogP contribution is -2.49. The van der Waals surface area contributed by atoms with Crippen molar-refractivity contribution in [3.63, 3.8) is 0 Å². The molecule has 1 spiro atoms. The fourth-order valence-corrected chi connectivity index (χ4v) is 5.06. The first-order valence-corrected chi connectivity index (χ1v) is 11.0. The van der Waals surface area contributed by atoms with Gasteiger partial charge in [-0.3, -0.25) is 4.79 Å². The third-order valence-electron chi connectivity index (χ3n) is 7.05. The number of aromatic amines is 1. The van der Waals surface area contributed by atoms with Gasteiger partial charge in [0, 0.05) is 25.2 Å². The first-order chi connectivity index (χ1) is 15.5. The van der Waals surface area contributed by atoms with Gasteiger partial charge < -0.3 is 20.3 Å². The van der Waals surface area contributed by atoms with E-state index in [0.717, 1.165) is 60.3 Å². The maximum Gasteiger partial charge on any atom is 0.224 e. The highest BCUT2D eigenvalue weighted by atomic mass is 16.3. The Balaban J connectivity index is 1.32. The number of fused-ring (bicyclic) bond motifs is 1. The predicted octanol–water partition coefficient (Wildman–Crippen LogP) is 2.59. The van der Waals surface area contributed by atoms with Crippen LogP contribution in [-0.2, 0) is 4.79 Å². The number of aryl methyl sites for hydroxylation is 1. The molecule has 1 saturated heterocycles. The van der Waals surface area contributed by atoms with Crippen molar-refractivity contribution < 1.29 is 9.90 Å². The molecule has 3 N–H and O–H groups in total. The largest absolute Gasteiger partial charge is 0.394 e. The highest BCUT2D eigenvalue weighted by Gasteiger charge is 2.55. The van der Waals surface area contributed by atoms with E-state index < -0.39 is 6.04 Å². The molecule has 2 fully saturated rings. The van der Waals surface area contributed by atoms with Gasteiger partial charge in [0.1, 0.15) is 17.8 Å². The number of hydrogen-bond donors (Lipinski definition) is 3. The van der Waals surface area contributed by atoms with Crippen molar-refractivity contribution in [2.75, 3.05) is 24.6 Å². The summed E-state index contributed by atoms with van der Waals surface area (Å²) in [5.41, 5.74) is 3.03. The van der Waals surface area contributed by atoms with Crippen LogP contribution in [0.25, 0.3) is 11.0 Å². The highest BCUT2D eigenvalue weighted by Crippen LogP contribution is 2.56. The quantitative estimate of drug-likeness (QED) is 0.573. The average molecular weight is 431 g/mol. The van der Waals surface area contributed by atoms with Crippen molar-refractivity contribution in [3.05, 3.63) is 53.5 Å². The maximum atomic E-state index is 13.3. The van der Waals surface area contributed by atoms with Crippen LogP contribution in [0.4, 0.5) is 5.82 Å². The van der Waals surface area contributed by atoms with Crippen LogP contribution in [0.15, 0.2) is 36.8 Å². The van der Waals surface area contributed by atoms with E-state index in [1.54, 1.807) is 18.5 Å². The number of H-pyrrole nitrogens is 1. The molecule has 2 atom stereocenters. The van der Waals surface area contributed by atoms with E-state index in [4.69, 9.17) is 5.26 Å². The molecule has 2 aromatic heterocycles. The minimum Gasteiger partial charge on any atom is -0.394 e. The zero-order valence-corrected chi connectivity index (χ0v) is 18.0. The summed E-state index contributed by atoms with van der Waals surface area (Å²) in [6.45, 7) is 3.22. The Morgan fingerprint density at radius 1 is 1.41 bits per heavy atom. The van der Waals surface area contributed by atoms with Gasteiger partial charge in [0.2, 0.25) is 5.91 Å². The minimum absolute atomic E-state index is 0.00214. The lowest BCUT2D eigenvalue weighted by molar-refractivity contribution is -0.129. The Morgan fingerprint density at radius 3 is 2.97 bits per heavy atom. The first-order valence-electron chi connectivity index (χ1n) is 11.0. The number of hydrogen-bond acceptors (Lipinski definition) is 6. The molecule has 8 nitrogen and oxygen atoms in total. The van der Waals surface area contributed by atoms with Gasteiger partial charge in [-0.2, -0.15) is 5.26 Å². The second kappa shape index (κ2) is 7.92. The fourth-order valence-electron chi connectivity index (χ4n) is 5.06. The molecule has 32 heavy (non-hydrogen) atoms. The number of carbonyl (C=O) groups is 1. The number of aliphatic hydroxyl groups is 1. The van der Waals surface area contributed by atoms with Crippen LogP contribution in [0.2, 0.25) is 0 Å². The normalized spacial score (nSPS) is 20.2. The number of rotatable bonds is 5. The molecule has 1 aliphatic carbocycles. The van der Waals surface area contributed by atoms with E-state index in [1.807, 2.05) is 25.3 Å². The van der Waals surface area contributed by atoms with Gasteiger partial charge in [0.15, 0.2) is 0 Å². The summed E-state index contributed by atoms with van der Waals surface area (Å²) >= 11 is 0. The number of benzene rings is 1. The zero-order valence-electron chi connectivity index (χ0n) is 18.0. The van der Waals surface area contributed by atoms with E-state index >= 15 is 0 Å². The van der Waals surface area contributed by atoms with Gasteiger partial charge in [-0.05, 0) is 54.9 Å². The number of amides is 1. The summed E-state index contributed by atoms with van der Waals surface area (Å²) in [5.74, 6) is 0.830. The summed E-state index contributed by atoms with van der Waals surface area (Å²) in [7, 11) is 0. The number of carbonyl (C=O) groups excluding carboxylic acids is 1. The summed E-state index contributed by atoms with van der Waals surface area (Å²) in [6.07, 6.45) is 6.23. The van der Waals surface area contributed by atoms with Gasteiger partial charge >= 0.3 is 0 Å². The third kappa shape index (κ3) is 3.49. The van der Waals surface area contributed by atoms with E-state index in [2.05, 4.69) is 31.2 Å². The monoisotopic (exact) mass is 430 g/mol. The number of aromatic nitrogens is 3. The molecule has 1 aliphatic heterocycles. The molecule has 1 amide bonds. The van der Waals surface area contributed by atoms with Gasteiger partial charge in [-0.25, -0.2) is 9.97 Å². The van der Waals surface area contributed by atoms with Crippen molar-refractivity contribution >= 4 is 22.8 Å². The smallest absolute Gasteiger partial charge is 0.224 e. The van der Waals surface area contributed by atoms with E-state index in [9.17, 15) is 9.90 Å². The SMILES string of the molecule is Cc1cc(C(CO)NC(=O)[C@H]2CCN(c3ncnc4[nH]ccc34)CC23CC3)ccc1C#N. The Hall–Kier alpha value is -3.44. The molecular weight excluding hydrogens is 404 g/mol. The lowest BCUT2D eigenvalue weighted by Gasteiger charge is -2.39. The molecule has 3 aromatic rings. The predicted molar refractivity (Wildman–Crippen MR) is 120 cm³/mol. The first kappa shape index (κ1) is 20.5. The summed E-state index contributed by atoms with van der Waals surface area (Å²) in [4.78, 5) is 27.5. The Morgan fingerprint density at radius 2 is 2.25 bits per heavy atom. The second-order valence-electron chi connectivity index (χ2n) is 8.99. The van der Waals surface area contributed by atoms with Gasteiger partial charge in [-0.1, -0.05) is 12.1 Å². The highest BCUT2D eigenvalue weighted by molar-refractivity contribution is 5.88. The molecule has 2 aliphatic rings. The summed E-state index contributed by atoms with van der Waals surface area (Å²) in [5, 5.41) is 23.2. The van der Waals surface area contributed by atoms with Crippen molar-refractivity contribution in [3.8, 4) is 6.07 Å². The van der Waals surface area contributed by atoms with Crippen LogP contribution in [0.5, 0.6) is 0 Å². The topological polar surface area (TPSA) is 118 Å². The molecular formula is C24H26N6O2. The minimum atomic E-state index is -0.482. The number of nitrogens with zero attached hydrogens (tertiary/aromatic N) is 4. The van der Waals surface area contributed by atoms with Crippen molar-refractivity contribution in [1.82, 2.24) is 20.3 Å². The lowest BCUT2D eigenvalue weighted by atomic mass is 9.81.